The summed E-state index contributed by atoms with van der Waals surface area (Å²) in [5.74, 6) is 0.139. The number of ether oxygens (including phenoxy) is 4. The highest BCUT2D eigenvalue weighted by Gasteiger charge is 2.55. The lowest BCUT2D eigenvalue weighted by molar-refractivity contribution is -0.0848. The first-order chi connectivity index (χ1) is 27.1. The molecule has 0 heterocycles. The van der Waals surface area contributed by atoms with Gasteiger partial charge in [-0.25, -0.2) is 9.59 Å². The highest BCUT2D eigenvalue weighted by Crippen LogP contribution is 2.58. The smallest absolute Gasteiger partial charge is 0.407 e. The van der Waals surface area contributed by atoms with Gasteiger partial charge < -0.3 is 41.0 Å². The number of rotatable bonds is 12. The monoisotopic (exact) mass is 776 g/mol. The van der Waals surface area contributed by atoms with Gasteiger partial charge in [-0.2, -0.15) is 0 Å². The Hall–Kier alpha value is -6.04. The predicted octanol–water partition coefficient (Wildman–Crippen LogP) is 7.44. The number of primary amides is 2. The molecular formula is C45H52N4O8. The molecule has 8 rings (SSSR count). The van der Waals surface area contributed by atoms with E-state index < -0.39 is 11.8 Å². The van der Waals surface area contributed by atoms with Gasteiger partial charge in [0.05, 0.1) is 23.3 Å². The number of alkyl carbamates (subject to hydrolysis) is 2. The van der Waals surface area contributed by atoms with E-state index in [4.69, 9.17) is 30.4 Å². The summed E-state index contributed by atoms with van der Waals surface area (Å²) in [6.07, 6.45) is 6.89. The van der Waals surface area contributed by atoms with Gasteiger partial charge in [0, 0.05) is 12.1 Å². The molecule has 0 aromatic heterocycles. The second kappa shape index (κ2) is 17.8. The fourth-order valence-electron chi connectivity index (χ4n) is 8.59. The average molecular weight is 777 g/mol. The van der Waals surface area contributed by atoms with Crippen LogP contribution in [0.3, 0.4) is 0 Å². The van der Waals surface area contributed by atoms with Gasteiger partial charge in [0.15, 0.2) is 0 Å². The Morgan fingerprint density at radius 3 is 1.19 bits per heavy atom. The van der Waals surface area contributed by atoms with Crippen molar-refractivity contribution in [3.63, 3.8) is 0 Å². The Kier molecular flexibility index (Phi) is 12.7. The first kappa shape index (κ1) is 40.6. The Balaban J connectivity index is 0.000000189. The predicted molar refractivity (Wildman–Crippen MR) is 214 cm³/mol. The minimum Gasteiger partial charge on any atom is -0.490 e. The number of nitrogens with two attached hydrogens (primary N) is 2. The Morgan fingerprint density at radius 2 is 0.842 bits per heavy atom. The number of nitrogens with one attached hydrogen (secondary N) is 2. The molecule has 0 unspecified atom stereocenters. The van der Waals surface area contributed by atoms with E-state index >= 15 is 0 Å². The number of carbonyl (C=O) groups is 4. The van der Waals surface area contributed by atoms with Crippen molar-refractivity contribution in [1.82, 2.24) is 10.6 Å². The lowest BCUT2D eigenvalue weighted by Gasteiger charge is -2.57. The third kappa shape index (κ3) is 10.2. The van der Waals surface area contributed by atoms with E-state index in [0.29, 0.717) is 22.6 Å². The largest absolute Gasteiger partial charge is 0.490 e. The summed E-state index contributed by atoms with van der Waals surface area (Å²) in [6.45, 7) is 0.555. The van der Waals surface area contributed by atoms with Gasteiger partial charge in [0.1, 0.15) is 24.7 Å². The van der Waals surface area contributed by atoms with Crippen LogP contribution in [0.2, 0.25) is 0 Å². The summed E-state index contributed by atoms with van der Waals surface area (Å²) in [4.78, 5) is 46.9. The maximum absolute atomic E-state index is 11.9. The van der Waals surface area contributed by atoms with E-state index in [1.54, 1.807) is 36.4 Å². The Morgan fingerprint density at radius 1 is 0.509 bits per heavy atom. The molecule has 2 spiro atoms. The van der Waals surface area contributed by atoms with Crippen molar-refractivity contribution >= 4 is 24.0 Å². The molecule has 0 saturated heterocycles. The minimum absolute atomic E-state index is 0. The van der Waals surface area contributed by atoms with Crippen LogP contribution in [0.15, 0.2) is 109 Å². The molecule has 57 heavy (non-hydrogen) atoms. The van der Waals surface area contributed by atoms with Crippen molar-refractivity contribution in [2.24, 2.45) is 22.3 Å². The van der Waals surface area contributed by atoms with Gasteiger partial charge in [-0.3, -0.25) is 9.59 Å². The summed E-state index contributed by atoms with van der Waals surface area (Å²) in [6, 6.07) is 33.7. The van der Waals surface area contributed by atoms with Gasteiger partial charge in [0.2, 0.25) is 0 Å². The molecule has 0 radical (unpaired) electrons. The standard InChI is InChI=1S/2C22H24N2O4.CH4/c2*23-20(25)18-8-4-5-9-19(18)28-17-12-22(13-17)10-16(11-22)24-21(26)27-14-15-6-2-1-3-7-15;/h2*1-9,16-17H,10-14H2,(H2,23,25)(H,24,26);1H4. The van der Waals surface area contributed by atoms with Crippen LogP contribution < -0.4 is 31.6 Å². The fraction of sp³-hybridized carbons (Fsp3) is 0.378. The summed E-state index contributed by atoms with van der Waals surface area (Å²) >= 11 is 0. The van der Waals surface area contributed by atoms with Crippen molar-refractivity contribution in [3.05, 3.63) is 131 Å². The first-order valence-electron chi connectivity index (χ1n) is 19.1. The van der Waals surface area contributed by atoms with Crippen LogP contribution in [0.1, 0.15) is 90.6 Å². The molecule has 4 aliphatic rings. The zero-order chi connectivity index (χ0) is 39.1. The van der Waals surface area contributed by atoms with Crippen LogP contribution in [-0.4, -0.2) is 48.3 Å². The normalized spacial score (nSPS) is 24.8. The Bertz CT molecular complexity index is 1850. The molecule has 4 aromatic rings. The maximum atomic E-state index is 11.9. The number of para-hydroxylation sites is 2. The topological polar surface area (TPSA) is 181 Å². The number of amides is 4. The molecule has 0 aliphatic heterocycles. The van der Waals surface area contributed by atoms with Gasteiger partial charge in [-0.1, -0.05) is 92.4 Å². The molecular weight excluding hydrogens is 725 g/mol. The minimum atomic E-state index is -0.480. The van der Waals surface area contributed by atoms with Crippen molar-refractivity contribution in [2.45, 2.75) is 96.3 Å². The molecule has 300 valence electrons. The van der Waals surface area contributed by atoms with Crippen molar-refractivity contribution in [3.8, 4) is 11.5 Å². The second-order valence-corrected chi connectivity index (χ2v) is 15.6. The van der Waals surface area contributed by atoms with Crippen LogP contribution in [0.25, 0.3) is 0 Å². The van der Waals surface area contributed by atoms with Crippen LogP contribution in [0.5, 0.6) is 11.5 Å². The fourth-order valence-corrected chi connectivity index (χ4v) is 8.59. The molecule has 12 heteroatoms. The molecule has 4 amide bonds. The molecule has 4 aromatic carbocycles. The van der Waals surface area contributed by atoms with Crippen molar-refractivity contribution < 1.29 is 38.1 Å². The average Bonchev–Trinajstić information content (AvgIpc) is 3.14. The summed E-state index contributed by atoms with van der Waals surface area (Å²) in [5, 5.41) is 5.87. The highest BCUT2D eigenvalue weighted by molar-refractivity contribution is 5.96. The maximum Gasteiger partial charge on any atom is 0.407 e. The Labute approximate surface area is 333 Å². The van der Waals surface area contributed by atoms with Gasteiger partial charge in [0.25, 0.3) is 11.8 Å². The molecule has 0 bridgehead atoms. The van der Waals surface area contributed by atoms with E-state index in [-0.39, 0.29) is 67.9 Å². The van der Waals surface area contributed by atoms with E-state index in [0.717, 1.165) is 62.5 Å². The van der Waals surface area contributed by atoms with E-state index in [2.05, 4.69) is 10.6 Å². The molecule has 4 fully saturated rings. The van der Waals surface area contributed by atoms with Crippen LogP contribution in [0.4, 0.5) is 9.59 Å². The summed E-state index contributed by atoms with van der Waals surface area (Å²) in [7, 11) is 0. The van der Waals surface area contributed by atoms with E-state index in [1.165, 1.54) is 0 Å². The molecule has 12 nitrogen and oxygen atoms in total. The van der Waals surface area contributed by atoms with Gasteiger partial charge in [-0.05, 0) is 97.6 Å². The number of hydrogen-bond donors (Lipinski definition) is 4. The SMILES string of the molecule is C.NC(=O)c1ccccc1OC1CC2(CC(NC(=O)OCc3ccccc3)C2)C1.NC(=O)c1ccccc1OC1CC2(CC(NC(=O)OCc3ccccc3)C2)C1. The molecule has 0 atom stereocenters. The third-order valence-electron chi connectivity index (χ3n) is 11.3. The molecule has 4 aliphatic carbocycles. The van der Waals surface area contributed by atoms with Gasteiger partial charge in [-0.15, -0.1) is 0 Å². The van der Waals surface area contributed by atoms with Crippen LogP contribution in [0, 0.1) is 10.8 Å². The van der Waals surface area contributed by atoms with Crippen LogP contribution >= 0.6 is 0 Å². The summed E-state index contributed by atoms with van der Waals surface area (Å²) in [5.41, 5.74) is 14.0. The summed E-state index contributed by atoms with van der Waals surface area (Å²) < 4.78 is 22.5. The zero-order valence-corrected chi connectivity index (χ0v) is 31.2. The zero-order valence-electron chi connectivity index (χ0n) is 31.2. The van der Waals surface area contributed by atoms with E-state index in [1.807, 2.05) is 72.8 Å². The number of benzene rings is 4. The quantitative estimate of drug-likeness (QED) is 0.115. The lowest BCUT2D eigenvalue weighted by atomic mass is 9.53. The molecule has 6 N–H and O–H groups in total. The lowest BCUT2D eigenvalue weighted by Crippen LogP contribution is -2.58. The van der Waals surface area contributed by atoms with Crippen molar-refractivity contribution in [1.29, 1.82) is 0 Å². The highest BCUT2D eigenvalue weighted by atomic mass is 16.6. The second-order valence-electron chi connectivity index (χ2n) is 15.6. The first-order valence-corrected chi connectivity index (χ1v) is 19.1. The van der Waals surface area contributed by atoms with Gasteiger partial charge >= 0.3 is 12.2 Å². The van der Waals surface area contributed by atoms with E-state index in [9.17, 15) is 19.2 Å². The van der Waals surface area contributed by atoms with Crippen molar-refractivity contribution in [2.75, 3.05) is 0 Å². The number of hydrogen-bond acceptors (Lipinski definition) is 8. The molecule has 4 saturated carbocycles. The number of carbonyl (C=O) groups excluding carboxylic acids is 4. The third-order valence-corrected chi connectivity index (χ3v) is 11.3. The van der Waals surface area contributed by atoms with Crippen LogP contribution in [-0.2, 0) is 22.7 Å².